The number of nitrogens with one attached hydrogen (secondary N) is 1. The van der Waals surface area contributed by atoms with Crippen LogP contribution in [0, 0.1) is 6.92 Å². The lowest BCUT2D eigenvalue weighted by molar-refractivity contribution is 0.0946. The number of aryl methyl sites for hydroxylation is 1. The van der Waals surface area contributed by atoms with E-state index in [4.69, 9.17) is 4.52 Å². The van der Waals surface area contributed by atoms with Gasteiger partial charge in [0.05, 0.1) is 22.9 Å². The van der Waals surface area contributed by atoms with Crippen molar-refractivity contribution < 1.29 is 17.7 Å². The Morgan fingerprint density at radius 2 is 2.17 bits per heavy atom. The molecule has 0 radical (unpaired) electrons. The molecular formula is C19H20N4O4S2. The largest absolute Gasteiger partial charge is 0.343 e. The molecule has 152 valence electrons. The van der Waals surface area contributed by atoms with Crippen LogP contribution in [-0.2, 0) is 16.6 Å². The Morgan fingerprint density at radius 1 is 1.31 bits per heavy atom. The molecule has 2 aromatic heterocycles. The molecule has 1 fully saturated rings. The van der Waals surface area contributed by atoms with E-state index in [9.17, 15) is 13.2 Å². The molecule has 1 amide bonds. The third-order valence-corrected chi connectivity index (χ3v) is 7.42. The highest BCUT2D eigenvalue weighted by molar-refractivity contribution is 7.92. The van der Waals surface area contributed by atoms with Crippen molar-refractivity contribution in [2.75, 3.05) is 16.6 Å². The summed E-state index contributed by atoms with van der Waals surface area (Å²) in [6.45, 7) is 2.36. The Kier molecular flexibility index (Phi) is 5.37. The maximum atomic E-state index is 12.6. The van der Waals surface area contributed by atoms with E-state index < -0.39 is 10.0 Å². The number of carbonyl (C=O) groups excluding carboxylic acids is 1. The van der Waals surface area contributed by atoms with Gasteiger partial charge in [0, 0.05) is 12.1 Å². The van der Waals surface area contributed by atoms with E-state index in [0.717, 1.165) is 16.9 Å². The minimum Gasteiger partial charge on any atom is -0.343 e. The zero-order chi connectivity index (χ0) is 20.4. The fourth-order valence-electron chi connectivity index (χ4n) is 3.17. The first-order valence-electron chi connectivity index (χ1n) is 9.20. The van der Waals surface area contributed by atoms with E-state index in [1.54, 1.807) is 18.2 Å². The summed E-state index contributed by atoms with van der Waals surface area (Å²) in [6.07, 6.45) is 1.47. The monoisotopic (exact) mass is 432 g/mol. The van der Waals surface area contributed by atoms with Gasteiger partial charge < -0.3 is 9.84 Å². The van der Waals surface area contributed by atoms with E-state index in [0.29, 0.717) is 35.9 Å². The third-order valence-electron chi connectivity index (χ3n) is 4.70. The van der Waals surface area contributed by atoms with Gasteiger partial charge in [-0.15, -0.1) is 11.3 Å². The molecule has 1 aliphatic heterocycles. The molecule has 4 rings (SSSR count). The Balaban J connectivity index is 1.48. The number of rotatable bonds is 5. The van der Waals surface area contributed by atoms with E-state index in [1.165, 1.54) is 15.6 Å². The molecule has 3 aromatic rings. The molecule has 1 saturated heterocycles. The first kappa shape index (κ1) is 19.6. The Bertz CT molecular complexity index is 1120. The number of hydrogen-bond acceptors (Lipinski definition) is 7. The third kappa shape index (κ3) is 4.18. The number of hydrogen-bond donors (Lipinski definition) is 1. The number of nitrogens with zero attached hydrogens (tertiary/aromatic N) is 3. The second-order valence-electron chi connectivity index (χ2n) is 6.77. The van der Waals surface area contributed by atoms with Gasteiger partial charge in [0.1, 0.15) is 0 Å². The maximum absolute atomic E-state index is 12.6. The molecule has 1 aliphatic rings. The summed E-state index contributed by atoms with van der Waals surface area (Å²) >= 11 is 1.50. The molecule has 0 unspecified atom stereocenters. The molecule has 29 heavy (non-hydrogen) atoms. The van der Waals surface area contributed by atoms with Crippen LogP contribution in [0.5, 0.6) is 0 Å². The molecule has 0 saturated carbocycles. The van der Waals surface area contributed by atoms with Gasteiger partial charge in [-0.1, -0.05) is 17.3 Å². The Morgan fingerprint density at radius 3 is 2.93 bits per heavy atom. The van der Waals surface area contributed by atoms with Crippen molar-refractivity contribution >= 4 is 33.0 Å². The van der Waals surface area contributed by atoms with Gasteiger partial charge in [0.15, 0.2) is 0 Å². The first-order chi connectivity index (χ1) is 13.9. The number of anilines is 1. The van der Waals surface area contributed by atoms with E-state index >= 15 is 0 Å². The Labute approximate surface area is 172 Å². The van der Waals surface area contributed by atoms with Crippen molar-refractivity contribution in [2.45, 2.75) is 26.3 Å². The highest BCUT2D eigenvalue weighted by atomic mass is 32.2. The summed E-state index contributed by atoms with van der Waals surface area (Å²) in [5.41, 5.74) is 1.74. The lowest BCUT2D eigenvalue weighted by Gasteiger charge is -2.29. The molecule has 0 spiro atoms. The van der Waals surface area contributed by atoms with E-state index in [-0.39, 0.29) is 18.2 Å². The molecule has 8 nitrogen and oxygen atoms in total. The smallest absolute Gasteiger partial charge is 0.251 e. The van der Waals surface area contributed by atoms with Crippen molar-refractivity contribution in [1.29, 1.82) is 0 Å². The van der Waals surface area contributed by atoms with Gasteiger partial charge >= 0.3 is 0 Å². The SMILES string of the molecule is Cc1ccc(C(=O)NCc2nc(-c3cccs3)no2)cc1N1CCCCS1(=O)=O. The predicted molar refractivity (Wildman–Crippen MR) is 110 cm³/mol. The van der Waals surface area contributed by atoms with Crippen LogP contribution in [0.1, 0.15) is 34.7 Å². The number of aromatic nitrogens is 2. The van der Waals surface area contributed by atoms with Crippen LogP contribution in [0.15, 0.2) is 40.2 Å². The molecule has 1 aromatic carbocycles. The summed E-state index contributed by atoms with van der Waals surface area (Å²) in [4.78, 5) is 17.8. The van der Waals surface area contributed by atoms with Crippen molar-refractivity contribution in [1.82, 2.24) is 15.5 Å². The number of amides is 1. The van der Waals surface area contributed by atoms with Crippen LogP contribution in [0.2, 0.25) is 0 Å². The topological polar surface area (TPSA) is 105 Å². The molecular weight excluding hydrogens is 412 g/mol. The summed E-state index contributed by atoms with van der Waals surface area (Å²) in [6, 6.07) is 8.85. The fraction of sp³-hybridized carbons (Fsp3) is 0.316. The minimum atomic E-state index is -3.35. The second kappa shape index (κ2) is 7.96. The summed E-state index contributed by atoms with van der Waals surface area (Å²) in [5, 5.41) is 8.58. The van der Waals surface area contributed by atoms with Gasteiger partial charge in [0.25, 0.3) is 5.91 Å². The van der Waals surface area contributed by atoms with Crippen LogP contribution >= 0.6 is 11.3 Å². The predicted octanol–water partition coefficient (Wildman–Crippen LogP) is 2.97. The number of thiophene rings is 1. The van der Waals surface area contributed by atoms with Gasteiger partial charge in [-0.2, -0.15) is 4.98 Å². The van der Waals surface area contributed by atoms with Gasteiger partial charge in [0.2, 0.25) is 21.7 Å². The highest BCUT2D eigenvalue weighted by Crippen LogP contribution is 2.28. The lowest BCUT2D eigenvalue weighted by Crippen LogP contribution is -2.38. The molecule has 10 heteroatoms. The minimum absolute atomic E-state index is 0.0857. The van der Waals surface area contributed by atoms with Crippen molar-refractivity contribution in [3.8, 4) is 10.7 Å². The quantitative estimate of drug-likeness (QED) is 0.664. The van der Waals surface area contributed by atoms with Gasteiger partial charge in [-0.3, -0.25) is 9.10 Å². The fourth-order valence-corrected chi connectivity index (χ4v) is 5.51. The average molecular weight is 433 g/mol. The number of benzene rings is 1. The zero-order valence-electron chi connectivity index (χ0n) is 15.8. The van der Waals surface area contributed by atoms with E-state index in [1.807, 2.05) is 24.4 Å². The normalized spacial score (nSPS) is 16.0. The van der Waals surface area contributed by atoms with Gasteiger partial charge in [-0.25, -0.2) is 8.42 Å². The molecule has 0 bridgehead atoms. The van der Waals surface area contributed by atoms with Crippen molar-refractivity contribution in [3.05, 3.63) is 52.7 Å². The van der Waals surface area contributed by atoms with Gasteiger partial charge in [-0.05, 0) is 48.9 Å². The molecule has 0 aliphatic carbocycles. The maximum Gasteiger partial charge on any atom is 0.251 e. The molecule has 0 atom stereocenters. The second-order valence-corrected chi connectivity index (χ2v) is 9.73. The lowest BCUT2D eigenvalue weighted by atomic mass is 10.1. The number of sulfonamides is 1. The average Bonchev–Trinajstić information content (AvgIpc) is 3.38. The van der Waals surface area contributed by atoms with E-state index in [2.05, 4.69) is 15.5 Å². The Hall–Kier alpha value is -2.72. The zero-order valence-corrected chi connectivity index (χ0v) is 17.4. The van der Waals surface area contributed by atoms with Crippen LogP contribution < -0.4 is 9.62 Å². The first-order valence-corrected chi connectivity index (χ1v) is 11.7. The molecule has 1 N–H and O–H groups in total. The van der Waals surface area contributed by atoms with Crippen LogP contribution in [0.25, 0.3) is 10.7 Å². The van der Waals surface area contributed by atoms with Crippen LogP contribution in [-0.4, -0.2) is 36.8 Å². The van der Waals surface area contributed by atoms with Crippen molar-refractivity contribution in [3.63, 3.8) is 0 Å². The molecule has 3 heterocycles. The summed E-state index contributed by atoms with van der Waals surface area (Å²) in [7, 11) is -3.35. The van der Waals surface area contributed by atoms with Crippen LogP contribution in [0.4, 0.5) is 5.69 Å². The van der Waals surface area contributed by atoms with Crippen LogP contribution in [0.3, 0.4) is 0 Å². The summed E-state index contributed by atoms with van der Waals surface area (Å²) in [5.74, 6) is 0.577. The number of carbonyl (C=O) groups is 1. The summed E-state index contributed by atoms with van der Waals surface area (Å²) < 4.78 is 31.4. The highest BCUT2D eigenvalue weighted by Gasteiger charge is 2.27. The van der Waals surface area contributed by atoms with Crippen molar-refractivity contribution in [2.24, 2.45) is 0 Å². The standard InChI is InChI=1S/C19H20N4O4S2/c1-13-6-7-14(11-15(13)23-8-2-3-10-29(23,25)26)19(24)20-12-17-21-18(22-27-17)16-5-4-9-28-16/h4-7,9,11H,2-3,8,10,12H2,1H3,(H,20,24).